The van der Waals surface area contributed by atoms with Gasteiger partial charge in [-0.1, -0.05) is 60.7 Å². The molecule has 0 N–H and O–H groups in total. The van der Waals surface area contributed by atoms with Crippen molar-refractivity contribution >= 4 is 27.9 Å². The van der Waals surface area contributed by atoms with Gasteiger partial charge in [-0.25, -0.2) is 0 Å². The summed E-state index contributed by atoms with van der Waals surface area (Å²) in [6.07, 6.45) is 9.02. The number of hydrogen-bond donors (Lipinski definition) is 0. The number of unbranched alkanes of at least 4 members (excludes halogenated alkanes) is 1. The molecule has 1 fully saturated rings. The molecule has 2 aromatic carbocycles. The van der Waals surface area contributed by atoms with Crippen LogP contribution in [0.15, 0.2) is 89.7 Å². The normalized spacial score (nSPS) is 15.0. The number of pyridine rings is 1. The number of piperazine rings is 1. The highest BCUT2D eigenvalue weighted by Crippen LogP contribution is 2.29. The number of carbonyl (C=O) groups excluding carboxylic acids is 1. The van der Waals surface area contributed by atoms with Gasteiger partial charge in [0.25, 0.3) is 0 Å². The molecule has 0 aliphatic carbocycles. The Kier molecular flexibility index (Phi) is 9.84. The fourth-order valence-electron chi connectivity index (χ4n) is 4.74. The molecule has 0 saturated carbocycles. The Morgan fingerprint density at radius 1 is 0.972 bits per heavy atom. The molecule has 1 aromatic heterocycles. The van der Waals surface area contributed by atoms with Crippen molar-refractivity contribution in [2.45, 2.75) is 18.9 Å². The fourth-order valence-corrected chi connectivity index (χ4v) is 5.12. The van der Waals surface area contributed by atoms with Gasteiger partial charge in [0.1, 0.15) is 0 Å². The van der Waals surface area contributed by atoms with Crippen molar-refractivity contribution in [3.63, 3.8) is 0 Å². The second-order valence-corrected chi connectivity index (χ2v) is 10.3. The van der Waals surface area contributed by atoms with E-state index in [1.807, 2.05) is 19.2 Å². The zero-order valence-corrected chi connectivity index (χ0v) is 22.6. The first-order chi connectivity index (χ1) is 17.6. The van der Waals surface area contributed by atoms with Crippen molar-refractivity contribution < 1.29 is 4.79 Å². The number of carbonyl (C=O) groups is 1. The lowest BCUT2D eigenvalue weighted by Gasteiger charge is -2.40. The van der Waals surface area contributed by atoms with Crippen LogP contribution in [-0.4, -0.2) is 71.9 Å². The minimum atomic E-state index is 0.0245. The van der Waals surface area contributed by atoms with E-state index >= 15 is 0 Å². The summed E-state index contributed by atoms with van der Waals surface area (Å²) in [5, 5.41) is 0. The van der Waals surface area contributed by atoms with E-state index < -0.39 is 0 Å². The fraction of sp³-hybridized carbons (Fsp3) is 0.333. The summed E-state index contributed by atoms with van der Waals surface area (Å²) in [7, 11) is 1.87. The van der Waals surface area contributed by atoms with Gasteiger partial charge in [0.05, 0.1) is 6.04 Å². The number of halogens is 1. The van der Waals surface area contributed by atoms with Gasteiger partial charge >= 0.3 is 0 Å². The second-order valence-electron chi connectivity index (χ2n) is 9.34. The third kappa shape index (κ3) is 7.60. The summed E-state index contributed by atoms with van der Waals surface area (Å²) in [5.74, 6) is 0.0245. The molecule has 0 radical (unpaired) electrons. The number of likely N-dealkylation sites (N-methyl/N-ethyl adjacent to an activating group) is 1. The van der Waals surface area contributed by atoms with Crippen LogP contribution in [0.5, 0.6) is 0 Å². The van der Waals surface area contributed by atoms with Gasteiger partial charge in [-0.3, -0.25) is 14.7 Å². The number of benzene rings is 2. The van der Waals surface area contributed by atoms with Gasteiger partial charge in [0.2, 0.25) is 5.91 Å². The van der Waals surface area contributed by atoms with Crippen molar-refractivity contribution in [1.82, 2.24) is 19.7 Å². The number of nitrogens with zero attached hydrogens (tertiary/aromatic N) is 4. The zero-order chi connectivity index (χ0) is 25.2. The zero-order valence-electron chi connectivity index (χ0n) is 21.0. The van der Waals surface area contributed by atoms with Gasteiger partial charge in [-0.15, -0.1) is 0 Å². The minimum Gasteiger partial charge on any atom is -0.342 e. The predicted octanol–water partition coefficient (Wildman–Crippen LogP) is 5.50. The first-order valence-electron chi connectivity index (χ1n) is 12.7. The molecule has 6 heteroatoms. The van der Waals surface area contributed by atoms with Crippen LogP contribution < -0.4 is 0 Å². The summed E-state index contributed by atoms with van der Waals surface area (Å²) >= 11 is 3.41. The smallest absolute Gasteiger partial charge is 0.246 e. The molecule has 3 aromatic rings. The predicted molar refractivity (Wildman–Crippen MR) is 151 cm³/mol. The molecule has 5 nitrogen and oxygen atoms in total. The lowest BCUT2D eigenvalue weighted by Crippen LogP contribution is -2.48. The average Bonchev–Trinajstić information content (AvgIpc) is 2.92. The first-order valence-corrected chi connectivity index (χ1v) is 13.5. The molecule has 36 heavy (non-hydrogen) atoms. The van der Waals surface area contributed by atoms with Crippen LogP contribution in [0.2, 0.25) is 0 Å². The van der Waals surface area contributed by atoms with E-state index in [9.17, 15) is 4.79 Å². The molecule has 0 bridgehead atoms. The Labute approximate surface area is 223 Å². The Hall–Kier alpha value is -2.80. The Bertz CT molecular complexity index is 1070. The average molecular weight is 548 g/mol. The molecule has 1 aliphatic heterocycles. The maximum absolute atomic E-state index is 12.4. The van der Waals surface area contributed by atoms with Crippen LogP contribution in [0, 0.1) is 0 Å². The molecule has 1 amide bonds. The van der Waals surface area contributed by atoms with E-state index in [2.05, 4.69) is 91.4 Å². The summed E-state index contributed by atoms with van der Waals surface area (Å²) < 4.78 is 0.905. The molecule has 188 valence electrons. The standard InChI is InChI=1S/C30H35BrN4O/c1-33(29(36)15-14-25-22-28(31)24-32-23-25)16-8-9-17-34-18-20-35(21-19-34)30(26-10-4-2-5-11-26)27-12-6-3-7-13-27/h2-7,10-15,22-24,30H,8-9,16-21H2,1H3/b15-14+. The Balaban J connectivity index is 1.20. The van der Waals surface area contributed by atoms with E-state index in [4.69, 9.17) is 0 Å². The van der Waals surface area contributed by atoms with Crippen LogP contribution in [0.3, 0.4) is 0 Å². The first kappa shape index (κ1) is 26.3. The summed E-state index contributed by atoms with van der Waals surface area (Å²) in [6, 6.07) is 23.9. The van der Waals surface area contributed by atoms with Crippen molar-refractivity contribution in [2.75, 3.05) is 46.3 Å². The molecule has 1 saturated heterocycles. The number of aromatic nitrogens is 1. The third-order valence-electron chi connectivity index (χ3n) is 6.74. The van der Waals surface area contributed by atoms with E-state index in [1.165, 1.54) is 11.1 Å². The molecule has 0 spiro atoms. The molecular weight excluding hydrogens is 512 g/mol. The van der Waals surface area contributed by atoms with Crippen LogP contribution in [0.1, 0.15) is 35.6 Å². The van der Waals surface area contributed by atoms with Gasteiger partial charge < -0.3 is 9.80 Å². The molecule has 1 aliphatic rings. The highest BCUT2D eigenvalue weighted by atomic mass is 79.9. The van der Waals surface area contributed by atoms with Crippen molar-refractivity contribution in [2.24, 2.45) is 0 Å². The van der Waals surface area contributed by atoms with Crippen LogP contribution in [0.4, 0.5) is 0 Å². The highest BCUT2D eigenvalue weighted by molar-refractivity contribution is 9.10. The number of hydrogen-bond acceptors (Lipinski definition) is 4. The van der Waals surface area contributed by atoms with Gasteiger partial charge in [-0.2, -0.15) is 0 Å². The van der Waals surface area contributed by atoms with Crippen LogP contribution in [-0.2, 0) is 4.79 Å². The van der Waals surface area contributed by atoms with E-state index in [0.717, 1.165) is 62.1 Å². The van der Waals surface area contributed by atoms with Gasteiger partial charge in [-0.05, 0) is 64.1 Å². The molecule has 0 atom stereocenters. The van der Waals surface area contributed by atoms with E-state index in [0.29, 0.717) is 6.04 Å². The summed E-state index contributed by atoms with van der Waals surface area (Å²) in [5.41, 5.74) is 3.62. The monoisotopic (exact) mass is 546 g/mol. The molecule has 2 heterocycles. The van der Waals surface area contributed by atoms with Crippen LogP contribution >= 0.6 is 15.9 Å². The van der Waals surface area contributed by atoms with Crippen LogP contribution in [0.25, 0.3) is 6.08 Å². The summed E-state index contributed by atoms with van der Waals surface area (Å²) in [6.45, 7) is 6.12. The van der Waals surface area contributed by atoms with Gasteiger partial charge in [0, 0.05) is 62.7 Å². The quantitative estimate of drug-likeness (QED) is 0.248. The Morgan fingerprint density at radius 3 is 2.22 bits per heavy atom. The molecule has 4 rings (SSSR count). The van der Waals surface area contributed by atoms with Crippen molar-refractivity contribution in [1.29, 1.82) is 0 Å². The highest BCUT2D eigenvalue weighted by Gasteiger charge is 2.26. The topological polar surface area (TPSA) is 39.7 Å². The molecular formula is C30H35BrN4O. The Morgan fingerprint density at radius 2 is 1.61 bits per heavy atom. The SMILES string of the molecule is CN(CCCCN1CCN(C(c2ccccc2)c2ccccc2)CC1)C(=O)/C=C/c1cncc(Br)c1. The lowest BCUT2D eigenvalue weighted by atomic mass is 9.96. The third-order valence-corrected chi connectivity index (χ3v) is 7.17. The van der Waals surface area contributed by atoms with E-state index in [1.54, 1.807) is 23.4 Å². The maximum atomic E-state index is 12.4. The summed E-state index contributed by atoms with van der Waals surface area (Å²) in [4.78, 5) is 23.5. The van der Waals surface area contributed by atoms with Gasteiger partial charge in [0.15, 0.2) is 0 Å². The second kappa shape index (κ2) is 13.5. The minimum absolute atomic E-state index is 0.0245. The van der Waals surface area contributed by atoms with E-state index in [-0.39, 0.29) is 5.91 Å². The maximum Gasteiger partial charge on any atom is 0.246 e. The number of rotatable bonds is 10. The van der Waals surface area contributed by atoms with Crippen molar-refractivity contribution in [3.05, 3.63) is 106 Å². The van der Waals surface area contributed by atoms with Crippen molar-refractivity contribution in [3.8, 4) is 0 Å². The largest absolute Gasteiger partial charge is 0.342 e. The lowest BCUT2D eigenvalue weighted by molar-refractivity contribution is -0.124. The number of amides is 1. The molecule has 0 unspecified atom stereocenters.